The molecule has 0 fully saturated rings. The maximum atomic E-state index is 14.6. The number of hydrogen-bond donors (Lipinski definition) is 4. The molecule has 2 heterocycles. The number of halogens is 3. The molecule has 2 aromatic heterocycles. The van der Waals surface area contributed by atoms with Gasteiger partial charge in [-0.2, -0.15) is 5.26 Å². The molecule has 6 rings (SSSR count). The summed E-state index contributed by atoms with van der Waals surface area (Å²) in [5, 5.41) is 22.7. The van der Waals surface area contributed by atoms with Crippen LogP contribution in [0.5, 0.6) is 5.75 Å². The number of benzene rings is 4. The summed E-state index contributed by atoms with van der Waals surface area (Å²) in [6, 6.07) is 16.6. The van der Waals surface area contributed by atoms with Crippen LogP contribution in [0.2, 0.25) is 0 Å². The minimum atomic E-state index is -3.64. The lowest BCUT2D eigenvalue weighted by molar-refractivity contribution is 0.0964. The molecule has 4 aromatic carbocycles. The van der Waals surface area contributed by atoms with Gasteiger partial charge in [0.25, 0.3) is 5.91 Å². The van der Waals surface area contributed by atoms with Crippen LogP contribution >= 0.6 is 10.8 Å². The van der Waals surface area contributed by atoms with Crippen molar-refractivity contribution in [3.63, 3.8) is 0 Å². The summed E-state index contributed by atoms with van der Waals surface area (Å²) < 4.78 is 83.1. The Balaban J connectivity index is 1.65. The zero-order chi connectivity index (χ0) is 35.9. The minimum Gasteiger partial charge on any atom is -0.496 e. The number of nitrogens with one attached hydrogen (secondary N) is 1. The van der Waals surface area contributed by atoms with Crippen molar-refractivity contribution in [1.29, 1.82) is 5.26 Å². The highest BCUT2D eigenvalue weighted by Gasteiger charge is 2.30. The number of methoxy groups -OCH3 is 1. The number of carbonyl (C=O) groups excluding carboxylic acids is 1. The highest BCUT2D eigenvalue weighted by Crippen LogP contribution is 2.50. The average molecular weight is 707 g/mol. The first-order valence-electron chi connectivity index (χ1n) is 14.9. The topological polar surface area (TPSA) is 165 Å². The molecule has 1 unspecified atom stereocenters. The Hall–Kier alpha value is -5.53. The maximum absolute atomic E-state index is 14.6. The molecule has 0 radical (unpaired) electrons. The number of nitrogens with zero attached hydrogens (tertiary/aromatic N) is 3. The van der Waals surface area contributed by atoms with E-state index in [1.54, 1.807) is 24.3 Å². The van der Waals surface area contributed by atoms with Gasteiger partial charge in [-0.05, 0) is 48.0 Å². The summed E-state index contributed by atoms with van der Waals surface area (Å²) in [5.41, 5.74) is 1.28. The first kappa shape index (κ1) is 34.3. The highest BCUT2D eigenvalue weighted by atomic mass is 32.3. The van der Waals surface area contributed by atoms with E-state index in [2.05, 4.69) is 10.3 Å². The van der Waals surface area contributed by atoms with Crippen LogP contribution in [0.1, 0.15) is 16.8 Å². The maximum Gasteiger partial charge on any atom is 0.255 e. The lowest BCUT2D eigenvalue weighted by Crippen LogP contribution is -2.34. The molecule has 50 heavy (non-hydrogen) atoms. The second-order valence-corrected chi connectivity index (χ2v) is 13.3. The van der Waals surface area contributed by atoms with Crippen LogP contribution in [-0.4, -0.2) is 58.2 Å². The van der Waals surface area contributed by atoms with Gasteiger partial charge in [0.2, 0.25) is 5.89 Å². The van der Waals surface area contributed by atoms with Crippen LogP contribution < -0.4 is 14.4 Å². The monoisotopic (exact) mass is 706 g/mol. The van der Waals surface area contributed by atoms with E-state index in [0.29, 0.717) is 22.6 Å². The summed E-state index contributed by atoms with van der Waals surface area (Å²) in [5.74, 6) is -2.58. The number of aromatic nitrogens is 1. The van der Waals surface area contributed by atoms with Gasteiger partial charge in [-0.25, -0.2) is 18.2 Å². The number of carbonyl (C=O) groups is 1. The van der Waals surface area contributed by atoms with E-state index in [9.17, 15) is 37.4 Å². The van der Waals surface area contributed by atoms with Crippen LogP contribution in [-0.2, 0) is 0 Å². The Labute approximate surface area is 284 Å². The first-order valence-corrected chi connectivity index (χ1v) is 16.8. The fraction of sp³-hybridized carbons (Fsp3) is 0.171. The molecule has 1 atom stereocenters. The van der Waals surface area contributed by atoms with Gasteiger partial charge in [0.15, 0.2) is 11.4 Å². The van der Waals surface area contributed by atoms with Crippen LogP contribution in [0.15, 0.2) is 75.6 Å². The third-order valence-corrected chi connectivity index (χ3v) is 9.09. The Kier molecular flexibility index (Phi) is 9.21. The van der Waals surface area contributed by atoms with Gasteiger partial charge >= 0.3 is 0 Å². The van der Waals surface area contributed by atoms with E-state index in [-0.39, 0.29) is 62.9 Å². The number of aliphatic hydroxyl groups is 1. The molecule has 11 nitrogen and oxygen atoms in total. The predicted molar refractivity (Wildman–Crippen MR) is 182 cm³/mol. The summed E-state index contributed by atoms with van der Waals surface area (Å²) in [6.45, 7) is -0.391. The van der Waals surface area contributed by atoms with E-state index in [0.717, 1.165) is 16.6 Å². The Morgan fingerprint density at radius 2 is 1.72 bits per heavy atom. The molecule has 0 aliphatic rings. The van der Waals surface area contributed by atoms with Crippen molar-refractivity contribution in [3.05, 3.63) is 89.7 Å². The van der Waals surface area contributed by atoms with Crippen molar-refractivity contribution in [2.24, 2.45) is 0 Å². The van der Waals surface area contributed by atoms with Crippen molar-refractivity contribution in [3.8, 4) is 45.7 Å². The number of furan rings is 1. The summed E-state index contributed by atoms with van der Waals surface area (Å²) in [7, 11) is -0.823. The standard InChI is InChI=1S/C35H29F3N4O7S/c1-40-34(44)31-24-15-23(19-6-9-28(47-2)25(12-19)35-41-32-26(38)13-21(37)14-30(32)49-35)27(42(50(3,45)46)17-22(43)10-11-39)16-29(24)48-33(31)18-4-7-20(36)8-5-18/h4-9,12-16,22,43,45-46H,10,17H2,1-3H3,(H,40,44). The molecule has 0 aliphatic heterocycles. The molecule has 4 N–H and O–H groups in total. The second-order valence-electron chi connectivity index (χ2n) is 11.3. The third kappa shape index (κ3) is 6.44. The number of oxazole rings is 1. The molecule has 0 spiro atoms. The molecule has 0 saturated heterocycles. The summed E-state index contributed by atoms with van der Waals surface area (Å²) >= 11 is 0. The van der Waals surface area contributed by atoms with E-state index in [4.69, 9.17) is 13.6 Å². The van der Waals surface area contributed by atoms with Crippen LogP contribution in [0.3, 0.4) is 0 Å². The van der Waals surface area contributed by atoms with Gasteiger partial charge in [-0.15, -0.1) is 10.8 Å². The Morgan fingerprint density at radius 3 is 2.38 bits per heavy atom. The lowest BCUT2D eigenvalue weighted by atomic mass is 9.96. The van der Waals surface area contributed by atoms with E-state index >= 15 is 0 Å². The van der Waals surface area contributed by atoms with Crippen LogP contribution in [0.4, 0.5) is 18.9 Å². The smallest absolute Gasteiger partial charge is 0.255 e. The van der Waals surface area contributed by atoms with Crippen molar-refractivity contribution in [2.45, 2.75) is 12.5 Å². The molecule has 1 amide bonds. The first-order chi connectivity index (χ1) is 23.8. The van der Waals surface area contributed by atoms with Gasteiger partial charge in [-0.1, -0.05) is 6.07 Å². The van der Waals surface area contributed by atoms with Gasteiger partial charge in [0, 0.05) is 48.0 Å². The van der Waals surface area contributed by atoms with E-state index in [1.165, 1.54) is 44.5 Å². The average Bonchev–Trinajstić information content (AvgIpc) is 3.68. The molecule has 0 saturated carbocycles. The molecule has 258 valence electrons. The number of aliphatic hydroxyl groups excluding tert-OH is 1. The number of ether oxygens (including phenoxy) is 1. The van der Waals surface area contributed by atoms with Crippen LogP contribution in [0, 0.1) is 28.8 Å². The zero-order valence-corrected chi connectivity index (χ0v) is 27.5. The van der Waals surface area contributed by atoms with Gasteiger partial charge < -0.3 is 24.0 Å². The van der Waals surface area contributed by atoms with Gasteiger partial charge in [0.1, 0.15) is 34.2 Å². The number of amides is 1. The van der Waals surface area contributed by atoms with Crippen molar-refractivity contribution < 1.29 is 45.7 Å². The second kappa shape index (κ2) is 13.4. The predicted octanol–water partition coefficient (Wildman–Crippen LogP) is 7.74. The number of hydrogen-bond acceptors (Lipinski definition) is 10. The normalized spacial score (nSPS) is 12.6. The largest absolute Gasteiger partial charge is 0.496 e. The fourth-order valence-electron chi connectivity index (χ4n) is 5.63. The Morgan fingerprint density at radius 1 is 1.00 bits per heavy atom. The number of rotatable bonds is 10. The fourth-order valence-corrected chi connectivity index (χ4v) is 6.61. The molecule has 6 aromatic rings. The molecular weight excluding hydrogens is 677 g/mol. The van der Waals surface area contributed by atoms with Crippen molar-refractivity contribution >= 4 is 44.4 Å². The zero-order valence-electron chi connectivity index (χ0n) is 26.7. The minimum absolute atomic E-state index is 0.103. The number of anilines is 1. The highest BCUT2D eigenvalue weighted by molar-refractivity contribution is 8.24. The van der Waals surface area contributed by atoms with Gasteiger partial charge in [0.05, 0.1) is 49.1 Å². The van der Waals surface area contributed by atoms with E-state index < -0.39 is 46.8 Å². The van der Waals surface area contributed by atoms with Crippen molar-refractivity contribution in [2.75, 3.05) is 31.3 Å². The lowest BCUT2D eigenvalue weighted by Gasteiger charge is -2.43. The molecule has 0 bridgehead atoms. The summed E-state index contributed by atoms with van der Waals surface area (Å²) in [4.78, 5) is 17.6. The number of nitriles is 1. The quantitative estimate of drug-likeness (QED) is 0.111. The molecule has 0 aliphatic carbocycles. The Bertz CT molecular complexity index is 2300. The molecule has 15 heteroatoms. The molecular formula is C35H29F3N4O7S. The number of fused-ring (bicyclic) bond motifs is 2. The van der Waals surface area contributed by atoms with Crippen LogP contribution in [0.25, 0.3) is 56.0 Å². The van der Waals surface area contributed by atoms with Crippen molar-refractivity contribution in [1.82, 2.24) is 10.3 Å². The third-order valence-electron chi connectivity index (χ3n) is 7.91. The summed E-state index contributed by atoms with van der Waals surface area (Å²) in [6.07, 6.45) is -0.474. The van der Waals surface area contributed by atoms with Gasteiger partial charge in [-0.3, -0.25) is 18.2 Å². The SMILES string of the molecule is CNC(=O)c1c(-c2ccc(F)cc2)oc2cc(N(CC(O)CC#N)S(C)(O)O)c(-c3ccc(OC)c(-c4nc5c(F)cc(F)cc5o4)c3)cc12. The van der Waals surface area contributed by atoms with E-state index in [1.807, 2.05) is 6.07 Å².